The number of carbonyl (C=O) groups is 1. The van der Waals surface area contributed by atoms with Gasteiger partial charge in [0.2, 0.25) is 0 Å². The van der Waals surface area contributed by atoms with Crippen LogP contribution in [-0.4, -0.2) is 57.3 Å². The molecule has 180 valence electrons. The van der Waals surface area contributed by atoms with E-state index in [9.17, 15) is 9.18 Å². The van der Waals surface area contributed by atoms with Crippen molar-refractivity contribution < 1.29 is 18.3 Å². The zero-order chi connectivity index (χ0) is 23.8. The number of carbonyl (C=O) groups excluding carboxylic acids is 1. The molecule has 1 aliphatic heterocycles. The normalized spacial score (nSPS) is 15.1. The Kier molecular flexibility index (Phi) is 8.04. The number of nitrogens with zero attached hydrogens (tertiary/aromatic N) is 2. The quantitative estimate of drug-likeness (QED) is 0.502. The van der Waals surface area contributed by atoms with Gasteiger partial charge in [-0.1, -0.05) is 12.1 Å². The molecule has 1 atom stereocenters. The van der Waals surface area contributed by atoms with Crippen LogP contribution in [0.4, 0.5) is 14.9 Å². The number of amides is 2. The molecule has 8 heteroatoms. The van der Waals surface area contributed by atoms with Crippen LogP contribution in [0.5, 0.6) is 5.75 Å². The maximum Gasteiger partial charge on any atom is 0.314 e. The monoisotopic (exact) mass is 466 g/mol. The van der Waals surface area contributed by atoms with E-state index in [1.54, 1.807) is 13.4 Å². The Balaban J connectivity index is 1.26. The summed E-state index contributed by atoms with van der Waals surface area (Å²) in [7, 11) is 1.64. The lowest BCUT2D eigenvalue weighted by atomic mass is 10.1. The molecular weight excluding hydrogens is 435 g/mol. The van der Waals surface area contributed by atoms with E-state index in [1.165, 1.54) is 12.1 Å². The van der Waals surface area contributed by atoms with E-state index >= 15 is 0 Å². The third-order valence-corrected chi connectivity index (χ3v) is 6.13. The summed E-state index contributed by atoms with van der Waals surface area (Å²) in [5, 5.41) is 5.92. The van der Waals surface area contributed by atoms with Gasteiger partial charge in [0.1, 0.15) is 17.3 Å². The third-order valence-electron chi connectivity index (χ3n) is 6.13. The second kappa shape index (κ2) is 11.6. The average Bonchev–Trinajstić information content (AvgIpc) is 3.40. The highest BCUT2D eigenvalue weighted by atomic mass is 19.1. The number of methoxy groups -OCH3 is 1. The van der Waals surface area contributed by atoms with Crippen molar-refractivity contribution in [1.29, 1.82) is 0 Å². The highest BCUT2D eigenvalue weighted by Gasteiger charge is 2.27. The van der Waals surface area contributed by atoms with Crippen molar-refractivity contribution in [3.8, 4) is 5.75 Å². The summed E-state index contributed by atoms with van der Waals surface area (Å²) in [5.41, 5.74) is 2.15. The molecule has 1 fully saturated rings. The Morgan fingerprint density at radius 2 is 1.76 bits per heavy atom. The molecule has 0 radical (unpaired) electrons. The van der Waals surface area contributed by atoms with Crippen LogP contribution in [0.2, 0.25) is 0 Å². The molecule has 7 nitrogen and oxygen atoms in total. The van der Waals surface area contributed by atoms with E-state index < -0.39 is 0 Å². The number of urea groups is 1. The number of hydrogen-bond donors (Lipinski definition) is 2. The Labute approximate surface area is 199 Å². The first kappa shape index (κ1) is 23.6. The summed E-state index contributed by atoms with van der Waals surface area (Å²) in [6.07, 6.45) is 2.40. The minimum Gasteiger partial charge on any atom is -0.497 e. The predicted octanol–water partition coefficient (Wildman–Crippen LogP) is 3.83. The van der Waals surface area contributed by atoms with Crippen molar-refractivity contribution in [3.63, 3.8) is 0 Å². The Hall–Kier alpha value is -3.52. The number of hydrogen-bond acceptors (Lipinski definition) is 5. The third kappa shape index (κ3) is 6.29. The van der Waals surface area contributed by atoms with Gasteiger partial charge in [-0.05, 0) is 60.5 Å². The summed E-state index contributed by atoms with van der Waals surface area (Å²) in [6, 6.07) is 18.0. The number of rotatable bonds is 9. The molecule has 1 aliphatic rings. The zero-order valence-corrected chi connectivity index (χ0v) is 19.4. The average molecular weight is 467 g/mol. The second-order valence-electron chi connectivity index (χ2n) is 8.27. The lowest BCUT2D eigenvalue weighted by Gasteiger charge is -2.39. The van der Waals surface area contributed by atoms with Crippen LogP contribution in [0.3, 0.4) is 0 Å². The van der Waals surface area contributed by atoms with E-state index in [0.717, 1.165) is 55.4 Å². The molecule has 1 saturated heterocycles. The molecule has 1 aromatic heterocycles. The largest absolute Gasteiger partial charge is 0.497 e. The topological polar surface area (TPSA) is 70.0 Å². The summed E-state index contributed by atoms with van der Waals surface area (Å²) in [4.78, 5) is 17.0. The fourth-order valence-corrected chi connectivity index (χ4v) is 4.20. The molecule has 34 heavy (non-hydrogen) atoms. The number of ether oxygens (including phenoxy) is 1. The highest BCUT2D eigenvalue weighted by Crippen LogP contribution is 2.24. The van der Waals surface area contributed by atoms with Crippen molar-refractivity contribution in [3.05, 3.63) is 84.1 Å². The molecule has 0 saturated carbocycles. The van der Waals surface area contributed by atoms with Crippen molar-refractivity contribution in [2.75, 3.05) is 51.3 Å². The number of halogens is 1. The molecular formula is C26H31FN4O3. The van der Waals surface area contributed by atoms with Gasteiger partial charge in [0.25, 0.3) is 0 Å². The van der Waals surface area contributed by atoms with Crippen molar-refractivity contribution in [1.82, 2.24) is 15.5 Å². The van der Waals surface area contributed by atoms with Gasteiger partial charge in [0, 0.05) is 45.0 Å². The molecule has 0 spiro atoms. The van der Waals surface area contributed by atoms with Crippen molar-refractivity contribution in [2.24, 2.45) is 0 Å². The van der Waals surface area contributed by atoms with Crippen LogP contribution < -0.4 is 20.3 Å². The Morgan fingerprint density at radius 3 is 2.41 bits per heavy atom. The van der Waals surface area contributed by atoms with Crippen LogP contribution in [0.1, 0.15) is 17.4 Å². The van der Waals surface area contributed by atoms with Gasteiger partial charge in [0.05, 0.1) is 19.4 Å². The van der Waals surface area contributed by atoms with Crippen LogP contribution in [-0.2, 0) is 6.42 Å². The van der Waals surface area contributed by atoms with Gasteiger partial charge in [-0.2, -0.15) is 0 Å². The van der Waals surface area contributed by atoms with E-state index in [2.05, 4.69) is 20.4 Å². The van der Waals surface area contributed by atoms with Crippen LogP contribution >= 0.6 is 0 Å². The fraction of sp³-hybridized carbons (Fsp3) is 0.346. The van der Waals surface area contributed by atoms with Gasteiger partial charge in [-0.15, -0.1) is 0 Å². The van der Waals surface area contributed by atoms with E-state index in [0.29, 0.717) is 13.1 Å². The van der Waals surface area contributed by atoms with E-state index in [1.807, 2.05) is 48.5 Å². The maximum atomic E-state index is 13.2. The highest BCUT2D eigenvalue weighted by molar-refractivity contribution is 5.73. The molecule has 2 N–H and O–H groups in total. The Bertz CT molecular complexity index is 1020. The molecule has 4 rings (SSSR count). The van der Waals surface area contributed by atoms with Crippen molar-refractivity contribution in [2.45, 2.75) is 12.5 Å². The standard InChI is InChI=1S/C26H31FN4O3/c1-33-23-10-4-20(5-11-23)12-13-28-26(32)29-19-24(25-3-2-18-34-25)31-16-14-30(15-17-31)22-8-6-21(27)7-9-22/h2-11,18,24H,12-17,19H2,1H3,(H2,28,29,32). The first-order valence-corrected chi connectivity index (χ1v) is 11.5. The second-order valence-corrected chi connectivity index (χ2v) is 8.27. The first-order valence-electron chi connectivity index (χ1n) is 11.5. The predicted molar refractivity (Wildman–Crippen MR) is 130 cm³/mol. The number of nitrogens with one attached hydrogen (secondary N) is 2. The minimum atomic E-state index is -0.228. The van der Waals surface area contributed by atoms with Gasteiger partial charge >= 0.3 is 6.03 Å². The number of furan rings is 1. The lowest BCUT2D eigenvalue weighted by Crippen LogP contribution is -2.50. The molecule has 2 heterocycles. The van der Waals surface area contributed by atoms with E-state index in [-0.39, 0.29) is 17.9 Å². The summed E-state index contributed by atoms with van der Waals surface area (Å²) < 4.78 is 24.1. The summed E-state index contributed by atoms with van der Waals surface area (Å²) >= 11 is 0. The van der Waals surface area contributed by atoms with Crippen molar-refractivity contribution >= 4 is 11.7 Å². The van der Waals surface area contributed by atoms with Gasteiger partial charge < -0.3 is 24.7 Å². The summed E-state index contributed by atoms with van der Waals surface area (Å²) in [5.74, 6) is 1.42. The van der Waals surface area contributed by atoms with Crippen LogP contribution in [0.25, 0.3) is 0 Å². The summed E-state index contributed by atoms with van der Waals surface area (Å²) in [6.45, 7) is 4.24. The molecule has 1 unspecified atom stereocenters. The molecule has 3 aromatic rings. The number of benzene rings is 2. The van der Waals surface area contributed by atoms with Gasteiger partial charge in [-0.3, -0.25) is 4.90 Å². The smallest absolute Gasteiger partial charge is 0.314 e. The SMILES string of the molecule is COc1ccc(CCNC(=O)NCC(c2ccco2)N2CCN(c3ccc(F)cc3)CC2)cc1. The van der Waals surface area contributed by atoms with Crippen LogP contribution in [0.15, 0.2) is 71.3 Å². The Morgan fingerprint density at radius 1 is 1.03 bits per heavy atom. The number of anilines is 1. The lowest BCUT2D eigenvalue weighted by molar-refractivity contribution is 0.161. The molecule has 0 aliphatic carbocycles. The van der Waals surface area contributed by atoms with Gasteiger partial charge in [-0.25, -0.2) is 9.18 Å². The molecule has 2 aromatic carbocycles. The molecule has 2 amide bonds. The fourth-order valence-electron chi connectivity index (χ4n) is 4.20. The van der Waals surface area contributed by atoms with Gasteiger partial charge in [0.15, 0.2) is 0 Å². The van der Waals surface area contributed by atoms with Crippen LogP contribution in [0, 0.1) is 5.82 Å². The maximum absolute atomic E-state index is 13.2. The van der Waals surface area contributed by atoms with E-state index in [4.69, 9.17) is 9.15 Å². The molecule has 0 bridgehead atoms. The first-order chi connectivity index (χ1) is 16.6. The zero-order valence-electron chi connectivity index (χ0n) is 19.4. The number of piperazine rings is 1. The minimum absolute atomic E-state index is 0.0577.